The zero-order valence-corrected chi connectivity index (χ0v) is 17.5. The third kappa shape index (κ3) is 3.65. The van der Waals surface area contributed by atoms with E-state index in [4.69, 9.17) is 9.26 Å². The molecule has 3 amide bonds. The van der Waals surface area contributed by atoms with E-state index in [-0.39, 0.29) is 24.8 Å². The van der Waals surface area contributed by atoms with Gasteiger partial charge in [0.1, 0.15) is 11.7 Å². The molecule has 1 fully saturated rings. The Kier molecular flexibility index (Phi) is 4.97. The number of rotatable bonds is 4. The van der Waals surface area contributed by atoms with Crippen molar-refractivity contribution in [3.8, 4) is 22.7 Å². The molecule has 1 N–H and O–H groups in total. The van der Waals surface area contributed by atoms with Crippen molar-refractivity contribution in [1.29, 1.82) is 0 Å². The molecule has 0 saturated carbocycles. The summed E-state index contributed by atoms with van der Waals surface area (Å²) in [5, 5.41) is 6.35. The zero-order chi connectivity index (χ0) is 23.1. The van der Waals surface area contributed by atoms with E-state index in [1.54, 1.807) is 30.3 Å². The molecule has 1 saturated heterocycles. The third-order valence-corrected chi connectivity index (χ3v) is 5.76. The van der Waals surface area contributed by atoms with Crippen molar-refractivity contribution in [2.24, 2.45) is 0 Å². The van der Waals surface area contributed by atoms with E-state index in [1.165, 1.54) is 18.2 Å². The highest BCUT2D eigenvalue weighted by atomic mass is 16.5. The minimum atomic E-state index is -0.670. The minimum absolute atomic E-state index is 0.202. The molecule has 0 bridgehead atoms. The Labute approximate surface area is 187 Å². The van der Waals surface area contributed by atoms with E-state index >= 15 is 0 Å². The summed E-state index contributed by atoms with van der Waals surface area (Å²) in [7, 11) is 1.30. The molecule has 0 aliphatic carbocycles. The van der Waals surface area contributed by atoms with Gasteiger partial charge in [0.2, 0.25) is 11.8 Å². The maximum atomic E-state index is 12.9. The largest absolute Gasteiger partial charge is 0.465 e. The average Bonchev–Trinajstić information content (AvgIpc) is 3.44. The summed E-state index contributed by atoms with van der Waals surface area (Å²) in [6.45, 7) is 0.262. The third-order valence-electron chi connectivity index (χ3n) is 5.76. The number of nitrogens with one attached hydrogen (secondary N) is 1. The molecule has 10 heteroatoms. The lowest BCUT2D eigenvalue weighted by molar-refractivity contribution is -0.136. The molecule has 1 atom stereocenters. The topological polar surface area (TPSA) is 132 Å². The summed E-state index contributed by atoms with van der Waals surface area (Å²) < 4.78 is 10.2. The molecule has 10 nitrogen and oxygen atoms in total. The standard InChI is InChI=1S/C23H18N4O6/c1-32-23(31)13-6-7-24-16(9-13)17-10-19(33-26-17)12-2-3-15-14(8-12)11-27(22(15)30)18-4-5-20(28)25-21(18)29/h2-3,6-10,18H,4-5,11H2,1H3,(H,25,28,29). The second kappa shape index (κ2) is 7.97. The Morgan fingerprint density at radius 3 is 2.79 bits per heavy atom. The highest BCUT2D eigenvalue weighted by molar-refractivity contribution is 6.05. The number of nitrogens with zero attached hydrogens (tertiary/aromatic N) is 3. The molecule has 166 valence electrons. The number of hydrogen-bond acceptors (Lipinski definition) is 8. The van der Waals surface area contributed by atoms with Crippen molar-refractivity contribution in [1.82, 2.24) is 20.4 Å². The number of hydrogen-bond donors (Lipinski definition) is 1. The highest BCUT2D eigenvalue weighted by Gasteiger charge is 2.39. The van der Waals surface area contributed by atoms with Gasteiger partial charge in [0.15, 0.2) is 5.76 Å². The Balaban J connectivity index is 1.39. The van der Waals surface area contributed by atoms with Crippen LogP contribution in [0.25, 0.3) is 22.7 Å². The molecule has 4 heterocycles. The maximum Gasteiger partial charge on any atom is 0.337 e. The van der Waals surface area contributed by atoms with Gasteiger partial charge < -0.3 is 14.2 Å². The fourth-order valence-corrected chi connectivity index (χ4v) is 4.08. The van der Waals surface area contributed by atoms with Crippen LogP contribution in [0.4, 0.5) is 0 Å². The van der Waals surface area contributed by atoms with Crippen molar-refractivity contribution in [2.75, 3.05) is 7.11 Å². The van der Waals surface area contributed by atoms with Gasteiger partial charge >= 0.3 is 5.97 Å². The van der Waals surface area contributed by atoms with Crippen LogP contribution in [0.5, 0.6) is 0 Å². The molecule has 3 aromatic rings. The number of ether oxygens (including phenoxy) is 1. The monoisotopic (exact) mass is 446 g/mol. The molecule has 0 spiro atoms. The van der Waals surface area contributed by atoms with E-state index in [2.05, 4.69) is 15.5 Å². The number of esters is 1. The van der Waals surface area contributed by atoms with Crippen LogP contribution in [-0.4, -0.2) is 51.9 Å². The first-order valence-corrected chi connectivity index (χ1v) is 10.2. The summed E-state index contributed by atoms with van der Waals surface area (Å²) in [6, 6.07) is 9.39. The molecular weight excluding hydrogens is 428 g/mol. The minimum Gasteiger partial charge on any atom is -0.465 e. The molecule has 1 aromatic carbocycles. The number of carbonyl (C=O) groups excluding carboxylic acids is 4. The number of imide groups is 1. The SMILES string of the molecule is COC(=O)c1ccnc(-c2cc(-c3ccc4c(c3)CN(C3CCC(=O)NC3=O)C4=O)on2)c1. The first-order chi connectivity index (χ1) is 15.9. The molecule has 2 aliphatic heterocycles. The van der Waals surface area contributed by atoms with Crippen molar-refractivity contribution in [2.45, 2.75) is 25.4 Å². The number of pyridine rings is 1. The zero-order valence-electron chi connectivity index (χ0n) is 17.5. The van der Waals surface area contributed by atoms with E-state index in [9.17, 15) is 19.2 Å². The molecule has 2 aromatic heterocycles. The number of aromatic nitrogens is 2. The van der Waals surface area contributed by atoms with Gasteiger partial charge in [-0.2, -0.15) is 0 Å². The van der Waals surface area contributed by atoms with Crippen LogP contribution in [0.2, 0.25) is 0 Å². The molecular formula is C23H18N4O6. The van der Waals surface area contributed by atoms with Gasteiger partial charge in [0.05, 0.1) is 18.4 Å². The van der Waals surface area contributed by atoms with Crippen LogP contribution in [0.3, 0.4) is 0 Å². The van der Waals surface area contributed by atoms with Crippen LogP contribution in [-0.2, 0) is 20.9 Å². The number of fused-ring (bicyclic) bond motifs is 1. The van der Waals surface area contributed by atoms with Gasteiger partial charge in [0.25, 0.3) is 5.91 Å². The summed E-state index contributed by atoms with van der Waals surface area (Å²) in [5.41, 5.74) is 3.21. The van der Waals surface area contributed by atoms with Gasteiger partial charge in [-0.15, -0.1) is 0 Å². The smallest absolute Gasteiger partial charge is 0.337 e. The van der Waals surface area contributed by atoms with Crippen molar-refractivity contribution >= 4 is 23.7 Å². The quantitative estimate of drug-likeness (QED) is 0.475. The van der Waals surface area contributed by atoms with Crippen LogP contribution >= 0.6 is 0 Å². The Morgan fingerprint density at radius 2 is 2.00 bits per heavy atom. The molecule has 5 rings (SSSR count). The number of carbonyl (C=O) groups is 4. The van der Waals surface area contributed by atoms with Crippen LogP contribution < -0.4 is 5.32 Å². The summed E-state index contributed by atoms with van der Waals surface area (Å²) in [4.78, 5) is 54.0. The summed E-state index contributed by atoms with van der Waals surface area (Å²) in [5.74, 6) is -1.03. The van der Waals surface area contributed by atoms with Crippen molar-refractivity contribution in [3.63, 3.8) is 0 Å². The van der Waals surface area contributed by atoms with E-state index in [1.807, 2.05) is 6.07 Å². The lowest BCUT2D eigenvalue weighted by Crippen LogP contribution is -2.52. The predicted octanol–water partition coefficient (Wildman–Crippen LogP) is 1.95. The fraction of sp³-hybridized carbons (Fsp3) is 0.217. The Bertz CT molecular complexity index is 1310. The normalized spacial score (nSPS) is 17.7. The van der Waals surface area contributed by atoms with Gasteiger partial charge in [-0.3, -0.25) is 24.7 Å². The number of methoxy groups -OCH3 is 1. The van der Waals surface area contributed by atoms with Gasteiger partial charge in [-0.1, -0.05) is 11.2 Å². The van der Waals surface area contributed by atoms with Crippen LogP contribution in [0.15, 0.2) is 47.1 Å². The average molecular weight is 446 g/mol. The first kappa shape index (κ1) is 20.6. The van der Waals surface area contributed by atoms with Gasteiger partial charge in [0, 0.05) is 36.4 Å². The molecule has 1 unspecified atom stereocenters. The van der Waals surface area contributed by atoms with Crippen molar-refractivity contribution < 1.29 is 28.4 Å². The Hall–Kier alpha value is -4.34. The Morgan fingerprint density at radius 1 is 1.15 bits per heavy atom. The second-order valence-corrected chi connectivity index (χ2v) is 7.77. The second-order valence-electron chi connectivity index (χ2n) is 7.77. The van der Waals surface area contributed by atoms with E-state index in [0.29, 0.717) is 40.3 Å². The fourth-order valence-electron chi connectivity index (χ4n) is 4.08. The highest BCUT2D eigenvalue weighted by Crippen LogP contribution is 2.32. The maximum absolute atomic E-state index is 12.9. The van der Waals surface area contributed by atoms with Crippen molar-refractivity contribution in [3.05, 3.63) is 59.3 Å². The summed E-state index contributed by atoms with van der Waals surface area (Å²) in [6.07, 6.45) is 1.99. The lowest BCUT2D eigenvalue weighted by atomic mass is 10.0. The van der Waals surface area contributed by atoms with Crippen LogP contribution in [0.1, 0.15) is 39.1 Å². The van der Waals surface area contributed by atoms with Gasteiger partial charge in [-0.05, 0) is 36.2 Å². The predicted molar refractivity (Wildman–Crippen MR) is 113 cm³/mol. The summed E-state index contributed by atoms with van der Waals surface area (Å²) >= 11 is 0. The van der Waals surface area contributed by atoms with Crippen LogP contribution in [0, 0.1) is 0 Å². The number of amides is 3. The van der Waals surface area contributed by atoms with E-state index in [0.717, 1.165) is 5.56 Å². The lowest BCUT2D eigenvalue weighted by Gasteiger charge is -2.29. The number of piperidine rings is 1. The van der Waals surface area contributed by atoms with Gasteiger partial charge in [-0.25, -0.2) is 4.79 Å². The molecule has 33 heavy (non-hydrogen) atoms. The first-order valence-electron chi connectivity index (χ1n) is 10.2. The molecule has 0 radical (unpaired) electrons. The molecule has 2 aliphatic rings. The van der Waals surface area contributed by atoms with E-state index < -0.39 is 17.9 Å². The number of benzene rings is 1.